The molecule has 0 spiro atoms. The van der Waals surface area contributed by atoms with Crippen molar-refractivity contribution < 1.29 is 14.2 Å². The fourth-order valence-corrected chi connectivity index (χ4v) is 3.99. The summed E-state index contributed by atoms with van der Waals surface area (Å²) in [5.41, 5.74) is 2.35. The molecule has 2 aliphatic heterocycles. The van der Waals surface area contributed by atoms with Crippen molar-refractivity contribution in [1.29, 1.82) is 0 Å². The van der Waals surface area contributed by atoms with E-state index in [1.165, 1.54) is 17.5 Å². The first kappa shape index (κ1) is 16.0. The molecule has 2 heterocycles. The molecule has 0 aliphatic carbocycles. The second-order valence-corrected chi connectivity index (χ2v) is 7.34. The Labute approximate surface area is 134 Å². The minimum absolute atomic E-state index is 0.0332. The van der Waals surface area contributed by atoms with E-state index in [-0.39, 0.29) is 17.3 Å². The second kappa shape index (κ2) is 5.95. The standard InChI is InChI=1S/C19H28O3/c1-14(2)19-10-9-18(3,22-19)17(11-19)21-13-16-8-6-5-7-15(16)12-20-4/h5-8,14,17H,9-13H2,1-4H3. The Balaban J connectivity index is 1.68. The number of ether oxygens (including phenoxy) is 3. The highest BCUT2D eigenvalue weighted by Gasteiger charge is 2.60. The van der Waals surface area contributed by atoms with Gasteiger partial charge in [0.2, 0.25) is 0 Å². The smallest absolute Gasteiger partial charge is 0.0924 e. The van der Waals surface area contributed by atoms with Crippen molar-refractivity contribution in [3.8, 4) is 0 Å². The van der Waals surface area contributed by atoms with E-state index in [1.54, 1.807) is 7.11 Å². The zero-order valence-electron chi connectivity index (χ0n) is 14.2. The highest BCUT2D eigenvalue weighted by Crippen LogP contribution is 2.55. The predicted molar refractivity (Wildman–Crippen MR) is 86.6 cm³/mol. The molecule has 0 radical (unpaired) electrons. The zero-order chi connectivity index (χ0) is 15.8. The van der Waals surface area contributed by atoms with Gasteiger partial charge in [0.05, 0.1) is 30.5 Å². The molecule has 1 aromatic carbocycles. The van der Waals surface area contributed by atoms with Crippen LogP contribution in [0.4, 0.5) is 0 Å². The third-order valence-corrected chi connectivity index (χ3v) is 5.60. The predicted octanol–water partition coefficient (Wildman–Crippen LogP) is 4.09. The zero-order valence-corrected chi connectivity index (χ0v) is 14.2. The molecule has 0 aromatic heterocycles. The van der Waals surface area contributed by atoms with Crippen LogP contribution in [-0.4, -0.2) is 24.4 Å². The number of methoxy groups -OCH3 is 1. The Kier molecular flexibility index (Phi) is 4.32. The van der Waals surface area contributed by atoms with Crippen LogP contribution in [0.3, 0.4) is 0 Å². The van der Waals surface area contributed by atoms with Gasteiger partial charge in [-0.3, -0.25) is 0 Å². The number of benzene rings is 1. The van der Waals surface area contributed by atoms with E-state index < -0.39 is 0 Å². The summed E-state index contributed by atoms with van der Waals surface area (Å²) in [6.45, 7) is 8.02. The van der Waals surface area contributed by atoms with Gasteiger partial charge in [0.1, 0.15) is 0 Å². The minimum atomic E-state index is -0.111. The quantitative estimate of drug-likeness (QED) is 0.792. The molecule has 2 saturated heterocycles. The molecule has 3 heteroatoms. The fraction of sp³-hybridized carbons (Fsp3) is 0.684. The van der Waals surface area contributed by atoms with Gasteiger partial charge in [0.25, 0.3) is 0 Å². The highest BCUT2D eigenvalue weighted by atomic mass is 16.6. The van der Waals surface area contributed by atoms with Crippen molar-refractivity contribution in [1.82, 2.24) is 0 Å². The average molecular weight is 304 g/mol. The maximum absolute atomic E-state index is 6.44. The van der Waals surface area contributed by atoms with Crippen LogP contribution in [0.2, 0.25) is 0 Å². The molecule has 22 heavy (non-hydrogen) atoms. The highest BCUT2D eigenvalue weighted by molar-refractivity contribution is 5.26. The van der Waals surface area contributed by atoms with Gasteiger partial charge in [-0.1, -0.05) is 38.1 Å². The van der Waals surface area contributed by atoms with E-state index >= 15 is 0 Å². The summed E-state index contributed by atoms with van der Waals surface area (Å²) in [6, 6.07) is 8.35. The second-order valence-electron chi connectivity index (χ2n) is 7.34. The number of hydrogen-bond donors (Lipinski definition) is 0. The summed E-state index contributed by atoms with van der Waals surface area (Å²) in [4.78, 5) is 0. The molecule has 0 saturated carbocycles. The van der Waals surface area contributed by atoms with Crippen molar-refractivity contribution in [3.63, 3.8) is 0 Å². The monoisotopic (exact) mass is 304 g/mol. The lowest BCUT2D eigenvalue weighted by molar-refractivity contribution is -0.0961. The summed E-state index contributed by atoms with van der Waals surface area (Å²) in [6.07, 6.45) is 3.49. The lowest BCUT2D eigenvalue weighted by atomic mass is 9.75. The van der Waals surface area contributed by atoms with Gasteiger partial charge < -0.3 is 14.2 Å². The minimum Gasteiger partial charge on any atom is -0.380 e. The number of hydrogen-bond acceptors (Lipinski definition) is 3. The first-order chi connectivity index (χ1) is 10.5. The van der Waals surface area contributed by atoms with Crippen LogP contribution in [0, 0.1) is 5.92 Å². The van der Waals surface area contributed by atoms with Crippen molar-refractivity contribution in [2.75, 3.05) is 7.11 Å². The van der Waals surface area contributed by atoms with Gasteiger partial charge in [-0.2, -0.15) is 0 Å². The molecule has 0 N–H and O–H groups in total. The molecule has 3 rings (SSSR count). The molecule has 3 atom stereocenters. The topological polar surface area (TPSA) is 27.7 Å². The van der Waals surface area contributed by atoms with Crippen LogP contribution in [0.5, 0.6) is 0 Å². The Morgan fingerprint density at radius 3 is 2.45 bits per heavy atom. The van der Waals surface area contributed by atoms with Crippen LogP contribution in [-0.2, 0) is 27.4 Å². The van der Waals surface area contributed by atoms with Gasteiger partial charge in [-0.05, 0) is 36.8 Å². The first-order valence-corrected chi connectivity index (χ1v) is 8.36. The van der Waals surface area contributed by atoms with E-state index in [2.05, 4.69) is 39.0 Å². The van der Waals surface area contributed by atoms with E-state index in [0.29, 0.717) is 19.1 Å². The van der Waals surface area contributed by atoms with Crippen LogP contribution in [0.1, 0.15) is 51.2 Å². The fourth-order valence-electron chi connectivity index (χ4n) is 3.99. The number of rotatable bonds is 6. The van der Waals surface area contributed by atoms with Crippen molar-refractivity contribution in [2.24, 2.45) is 5.92 Å². The molecule has 1 aromatic rings. The third kappa shape index (κ3) is 2.70. The molecule has 2 aliphatic rings. The lowest BCUT2D eigenvalue weighted by Gasteiger charge is -2.31. The average Bonchev–Trinajstić information content (AvgIpc) is 2.99. The van der Waals surface area contributed by atoms with Gasteiger partial charge in [0, 0.05) is 13.5 Å². The summed E-state index contributed by atoms with van der Waals surface area (Å²) in [5, 5.41) is 0. The van der Waals surface area contributed by atoms with E-state index in [0.717, 1.165) is 12.8 Å². The maximum Gasteiger partial charge on any atom is 0.0924 e. The van der Waals surface area contributed by atoms with Crippen LogP contribution in [0.25, 0.3) is 0 Å². The molecule has 3 nitrogen and oxygen atoms in total. The van der Waals surface area contributed by atoms with Crippen molar-refractivity contribution in [3.05, 3.63) is 35.4 Å². The Morgan fingerprint density at radius 2 is 1.86 bits per heavy atom. The van der Waals surface area contributed by atoms with Gasteiger partial charge in [0.15, 0.2) is 0 Å². The molecular weight excluding hydrogens is 276 g/mol. The molecule has 0 amide bonds. The van der Waals surface area contributed by atoms with Crippen molar-refractivity contribution >= 4 is 0 Å². The van der Waals surface area contributed by atoms with Gasteiger partial charge in [-0.15, -0.1) is 0 Å². The van der Waals surface area contributed by atoms with E-state index in [9.17, 15) is 0 Å². The molecular formula is C19H28O3. The molecule has 3 unspecified atom stereocenters. The Hall–Kier alpha value is -0.900. The Bertz CT molecular complexity index is 527. The van der Waals surface area contributed by atoms with Crippen LogP contribution in [0.15, 0.2) is 24.3 Å². The summed E-state index contributed by atoms with van der Waals surface area (Å²) in [5.74, 6) is 0.545. The third-order valence-electron chi connectivity index (χ3n) is 5.60. The number of fused-ring (bicyclic) bond motifs is 2. The van der Waals surface area contributed by atoms with Crippen LogP contribution < -0.4 is 0 Å². The van der Waals surface area contributed by atoms with E-state index in [4.69, 9.17) is 14.2 Å². The largest absolute Gasteiger partial charge is 0.380 e. The maximum atomic E-state index is 6.44. The summed E-state index contributed by atoms with van der Waals surface area (Å²) < 4.78 is 18.0. The molecule has 2 bridgehead atoms. The Morgan fingerprint density at radius 1 is 1.18 bits per heavy atom. The normalized spacial score (nSPS) is 33.8. The molecule has 122 valence electrons. The van der Waals surface area contributed by atoms with Gasteiger partial charge >= 0.3 is 0 Å². The molecule has 2 fully saturated rings. The van der Waals surface area contributed by atoms with E-state index in [1.807, 2.05) is 6.07 Å². The van der Waals surface area contributed by atoms with Crippen LogP contribution >= 0.6 is 0 Å². The summed E-state index contributed by atoms with van der Waals surface area (Å²) >= 11 is 0. The summed E-state index contributed by atoms with van der Waals surface area (Å²) in [7, 11) is 1.73. The van der Waals surface area contributed by atoms with Crippen molar-refractivity contribution in [2.45, 2.75) is 70.6 Å². The SMILES string of the molecule is COCc1ccccc1COC1CC2(C(C)C)CCC1(C)O2. The first-order valence-electron chi connectivity index (χ1n) is 8.36. The van der Waals surface area contributed by atoms with Gasteiger partial charge in [-0.25, -0.2) is 0 Å². The lowest BCUT2D eigenvalue weighted by Crippen LogP contribution is -2.38.